The van der Waals surface area contributed by atoms with Crippen LogP contribution in [-0.4, -0.2) is 19.4 Å². The maximum atomic E-state index is 11.8. The SMILES string of the molecule is CCCCCCCCCCCCCCCCCCN(CCCCCCCCCCCCCCCCCC)c1ccccc1C=O. The monoisotopic (exact) mass is 626 g/mol. The van der Waals surface area contributed by atoms with Gasteiger partial charge in [-0.2, -0.15) is 0 Å². The third-order valence-corrected chi connectivity index (χ3v) is 9.97. The molecule has 0 aliphatic carbocycles. The summed E-state index contributed by atoms with van der Waals surface area (Å²) in [7, 11) is 0. The molecule has 0 N–H and O–H groups in total. The smallest absolute Gasteiger partial charge is 0.152 e. The van der Waals surface area contributed by atoms with E-state index >= 15 is 0 Å². The second-order valence-corrected chi connectivity index (χ2v) is 14.3. The molecular weight excluding hydrogens is 546 g/mol. The van der Waals surface area contributed by atoms with Crippen molar-refractivity contribution >= 4 is 12.0 Å². The van der Waals surface area contributed by atoms with E-state index < -0.39 is 0 Å². The van der Waals surface area contributed by atoms with Gasteiger partial charge in [-0.3, -0.25) is 4.79 Å². The lowest BCUT2D eigenvalue weighted by atomic mass is 10.0. The van der Waals surface area contributed by atoms with E-state index in [9.17, 15) is 4.79 Å². The van der Waals surface area contributed by atoms with E-state index in [-0.39, 0.29) is 0 Å². The van der Waals surface area contributed by atoms with Crippen molar-refractivity contribution in [2.45, 2.75) is 219 Å². The van der Waals surface area contributed by atoms with Gasteiger partial charge >= 0.3 is 0 Å². The van der Waals surface area contributed by atoms with Crippen LogP contribution in [0.4, 0.5) is 5.69 Å². The number of hydrogen-bond donors (Lipinski definition) is 0. The summed E-state index contributed by atoms with van der Waals surface area (Å²) in [5.74, 6) is 0. The first kappa shape index (κ1) is 41.7. The Hall–Kier alpha value is -1.31. The first-order valence-electron chi connectivity index (χ1n) is 20.6. The molecule has 2 heteroatoms. The molecule has 0 saturated heterocycles. The number of carbonyl (C=O) groups excluding carboxylic acids is 1. The molecule has 0 unspecified atom stereocenters. The molecule has 1 aromatic carbocycles. The summed E-state index contributed by atoms with van der Waals surface area (Å²) in [4.78, 5) is 14.3. The van der Waals surface area contributed by atoms with Crippen LogP contribution in [0.2, 0.25) is 0 Å². The fraction of sp³-hybridized carbons (Fsp3) is 0.837. The normalized spacial score (nSPS) is 11.3. The number of para-hydroxylation sites is 1. The highest BCUT2D eigenvalue weighted by Crippen LogP contribution is 2.22. The van der Waals surface area contributed by atoms with Crippen LogP contribution in [0.5, 0.6) is 0 Å². The second-order valence-electron chi connectivity index (χ2n) is 14.3. The van der Waals surface area contributed by atoms with Gasteiger partial charge in [-0.05, 0) is 25.0 Å². The molecule has 0 fully saturated rings. The highest BCUT2D eigenvalue weighted by atomic mass is 16.1. The van der Waals surface area contributed by atoms with Gasteiger partial charge in [0.05, 0.1) is 0 Å². The Balaban J connectivity index is 2.07. The molecule has 0 bridgehead atoms. The molecule has 0 aromatic heterocycles. The number of unbranched alkanes of at least 4 members (excludes halogenated alkanes) is 30. The van der Waals surface area contributed by atoms with Gasteiger partial charge in [0.15, 0.2) is 6.29 Å². The highest BCUT2D eigenvalue weighted by molar-refractivity contribution is 5.84. The van der Waals surface area contributed by atoms with Crippen molar-refractivity contribution in [2.24, 2.45) is 0 Å². The lowest BCUT2D eigenvalue weighted by Crippen LogP contribution is -2.26. The molecule has 0 amide bonds. The Bertz CT molecular complexity index is 694. The Morgan fingerprint density at radius 1 is 0.400 bits per heavy atom. The zero-order valence-corrected chi connectivity index (χ0v) is 30.8. The first-order valence-corrected chi connectivity index (χ1v) is 20.6. The van der Waals surface area contributed by atoms with Crippen LogP contribution in [0.15, 0.2) is 24.3 Å². The quantitative estimate of drug-likeness (QED) is 0.0546. The van der Waals surface area contributed by atoms with Crippen LogP contribution in [0, 0.1) is 0 Å². The number of hydrogen-bond acceptors (Lipinski definition) is 2. The third kappa shape index (κ3) is 26.5. The zero-order valence-electron chi connectivity index (χ0n) is 30.8. The van der Waals surface area contributed by atoms with Crippen molar-refractivity contribution in [2.75, 3.05) is 18.0 Å². The van der Waals surface area contributed by atoms with Gasteiger partial charge in [-0.15, -0.1) is 0 Å². The molecule has 0 radical (unpaired) electrons. The summed E-state index contributed by atoms with van der Waals surface area (Å²) in [6.07, 6.45) is 46.1. The number of carbonyl (C=O) groups is 1. The van der Waals surface area contributed by atoms with Crippen LogP contribution in [-0.2, 0) is 0 Å². The minimum absolute atomic E-state index is 0.852. The molecule has 1 aromatic rings. The van der Waals surface area contributed by atoms with Crippen LogP contribution < -0.4 is 4.90 Å². The second kappa shape index (κ2) is 34.0. The molecule has 0 spiro atoms. The maximum Gasteiger partial charge on any atom is 0.152 e. The van der Waals surface area contributed by atoms with Gasteiger partial charge in [0.25, 0.3) is 0 Å². The van der Waals surface area contributed by atoms with E-state index in [0.717, 1.165) is 30.6 Å². The average molecular weight is 626 g/mol. The molecule has 0 heterocycles. The van der Waals surface area contributed by atoms with Crippen LogP contribution in [0.3, 0.4) is 0 Å². The Labute approximate surface area is 283 Å². The third-order valence-electron chi connectivity index (χ3n) is 9.97. The van der Waals surface area contributed by atoms with Crippen LogP contribution in [0.25, 0.3) is 0 Å². The Morgan fingerprint density at radius 2 is 0.667 bits per heavy atom. The van der Waals surface area contributed by atoms with Gasteiger partial charge in [-0.25, -0.2) is 0 Å². The van der Waals surface area contributed by atoms with Gasteiger partial charge in [0.2, 0.25) is 0 Å². The topological polar surface area (TPSA) is 20.3 Å². The largest absolute Gasteiger partial charge is 0.371 e. The van der Waals surface area contributed by atoms with Gasteiger partial charge < -0.3 is 4.90 Å². The van der Waals surface area contributed by atoms with Gasteiger partial charge in [0.1, 0.15) is 0 Å². The summed E-state index contributed by atoms with van der Waals surface area (Å²) in [6, 6.07) is 8.23. The van der Waals surface area contributed by atoms with E-state index in [1.807, 2.05) is 12.1 Å². The van der Waals surface area contributed by atoms with E-state index in [1.165, 1.54) is 205 Å². The number of benzene rings is 1. The van der Waals surface area contributed by atoms with Crippen molar-refractivity contribution in [3.8, 4) is 0 Å². The van der Waals surface area contributed by atoms with Crippen LogP contribution in [0.1, 0.15) is 230 Å². The van der Waals surface area contributed by atoms with Gasteiger partial charge in [-0.1, -0.05) is 219 Å². The lowest BCUT2D eigenvalue weighted by Gasteiger charge is -2.26. The fourth-order valence-electron chi connectivity index (χ4n) is 6.93. The summed E-state index contributed by atoms with van der Waals surface area (Å²) in [6.45, 7) is 6.77. The molecule has 0 saturated carbocycles. The number of aldehydes is 1. The standard InChI is InChI=1S/C43H79NO/c1-3-5-7-9-11-13-15-17-19-21-23-25-27-29-31-35-39-44(43-38-34-33-37-42(43)41-45)40-36-32-30-28-26-24-22-20-18-16-14-12-10-8-6-4-2/h33-34,37-38,41H,3-32,35-36,39-40H2,1-2H3. The highest BCUT2D eigenvalue weighted by Gasteiger charge is 2.10. The molecule has 1 rings (SSSR count). The van der Waals surface area contributed by atoms with Gasteiger partial charge in [0, 0.05) is 24.3 Å². The lowest BCUT2D eigenvalue weighted by molar-refractivity contribution is 0.112. The van der Waals surface area contributed by atoms with Crippen LogP contribution >= 0.6 is 0 Å². The van der Waals surface area contributed by atoms with Crippen molar-refractivity contribution < 1.29 is 4.79 Å². The number of nitrogens with zero attached hydrogens (tertiary/aromatic N) is 1. The van der Waals surface area contributed by atoms with E-state index in [1.54, 1.807) is 0 Å². The number of anilines is 1. The summed E-state index contributed by atoms with van der Waals surface area (Å²) in [5.41, 5.74) is 2.00. The summed E-state index contributed by atoms with van der Waals surface area (Å²) >= 11 is 0. The first-order chi connectivity index (χ1) is 22.3. The predicted octanol–water partition coefficient (Wildman–Crippen LogP) is 14.8. The Morgan fingerprint density at radius 3 is 0.956 bits per heavy atom. The molecule has 45 heavy (non-hydrogen) atoms. The van der Waals surface area contributed by atoms with E-state index in [4.69, 9.17) is 0 Å². The van der Waals surface area contributed by atoms with E-state index in [0.29, 0.717) is 0 Å². The summed E-state index contributed by atoms with van der Waals surface area (Å²) < 4.78 is 0. The predicted molar refractivity (Wildman–Crippen MR) is 203 cm³/mol. The molecular formula is C43H79NO. The van der Waals surface area contributed by atoms with Crippen molar-refractivity contribution in [1.29, 1.82) is 0 Å². The molecule has 0 atom stereocenters. The van der Waals surface area contributed by atoms with Crippen molar-refractivity contribution in [3.63, 3.8) is 0 Å². The average Bonchev–Trinajstić information content (AvgIpc) is 3.06. The minimum Gasteiger partial charge on any atom is -0.371 e. The molecule has 2 nitrogen and oxygen atoms in total. The minimum atomic E-state index is 0.852. The molecule has 0 aliphatic rings. The Kier molecular flexibility index (Phi) is 31.6. The fourth-order valence-corrected chi connectivity index (χ4v) is 6.93. The van der Waals surface area contributed by atoms with Crippen molar-refractivity contribution in [3.05, 3.63) is 29.8 Å². The molecule has 262 valence electrons. The maximum absolute atomic E-state index is 11.8. The van der Waals surface area contributed by atoms with E-state index in [2.05, 4.69) is 30.9 Å². The van der Waals surface area contributed by atoms with Crippen molar-refractivity contribution in [1.82, 2.24) is 0 Å². The zero-order chi connectivity index (χ0) is 32.3. The summed E-state index contributed by atoms with van der Waals surface area (Å²) in [5, 5.41) is 0. The number of rotatable bonds is 36. The molecule has 0 aliphatic heterocycles.